The highest BCUT2D eigenvalue weighted by Crippen LogP contribution is 2.43. The molecule has 0 saturated carbocycles. The largest absolute Gasteiger partial charge is 0.375 e. The minimum Gasteiger partial charge on any atom is -0.375 e. The summed E-state index contributed by atoms with van der Waals surface area (Å²) in [5.41, 5.74) is 4.72. The first-order valence-corrected chi connectivity index (χ1v) is 8.93. The van der Waals surface area contributed by atoms with E-state index in [1.165, 1.54) is 17.1 Å². The first-order chi connectivity index (χ1) is 12.1. The molecule has 0 spiro atoms. The summed E-state index contributed by atoms with van der Waals surface area (Å²) in [6.45, 7) is 2.11. The van der Waals surface area contributed by atoms with Crippen molar-refractivity contribution >= 4 is 28.1 Å². The predicted molar refractivity (Wildman–Crippen MR) is 103 cm³/mol. The lowest BCUT2D eigenvalue weighted by atomic mass is 10.1. The van der Waals surface area contributed by atoms with Gasteiger partial charge in [0.15, 0.2) is 0 Å². The highest BCUT2D eigenvalue weighted by molar-refractivity contribution is 7.10. The summed E-state index contributed by atoms with van der Waals surface area (Å²) in [5, 5.41) is 0.638. The van der Waals surface area contributed by atoms with Gasteiger partial charge < -0.3 is 4.90 Å². The van der Waals surface area contributed by atoms with Crippen molar-refractivity contribution in [1.82, 2.24) is 13.9 Å². The molecule has 4 rings (SSSR count). The van der Waals surface area contributed by atoms with E-state index < -0.39 is 0 Å². The van der Waals surface area contributed by atoms with Gasteiger partial charge in [0.05, 0.1) is 21.6 Å². The average Bonchev–Trinajstić information content (AvgIpc) is 2.97. The first kappa shape index (κ1) is 15.8. The Bertz CT molecular complexity index is 1080. The van der Waals surface area contributed by atoms with E-state index in [9.17, 15) is 4.79 Å². The second-order valence-corrected chi connectivity index (χ2v) is 6.96. The molecule has 0 atom stereocenters. The van der Waals surface area contributed by atoms with Gasteiger partial charge in [-0.25, -0.2) is 9.36 Å². The second kappa shape index (κ2) is 5.97. The van der Waals surface area contributed by atoms with Crippen LogP contribution in [0.3, 0.4) is 0 Å². The zero-order valence-corrected chi connectivity index (χ0v) is 15.2. The van der Waals surface area contributed by atoms with Crippen LogP contribution in [0.25, 0.3) is 27.0 Å². The molecule has 5 nitrogen and oxygen atoms in total. The van der Waals surface area contributed by atoms with Crippen molar-refractivity contribution in [2.24, 2.45) is 0 Å². The zero-order chi connectivity index (χ0) is 17.6. The van der Waals surface area contributed by atoms with Gasteiger partial charge in [-0.2, -0.15) is 0 Å². The molecule has 0 radical (unpaired) electrons. The van der Waals surface area contributed by atoms with E-state index in [-0.39, 0.29) is 5.56 Å². The molecule has 0 amide bonds. The van der Waals surface area contributed by atoms with Crippen LogP contribution in [0, 0.1) is 0 Å². The van der Waals surface area contributed by atoms with Crippen molar-refractivity contribution < 1.29 is 0 Å². The maximum absolute atomic E-state index is 13.2. The molecule has 0 bridgehead atoms. The van der Waals surface area contributed by atoms with E-state index in [2.05, 4.69) is 16.3 Å². The molecule has 2 aliphatic rings. The van der Waals surface area contributed by atoms with E-state index in [1.54, 1.807) is 17.1 Å². The molecule has 126 valence electrons. The summed E-state index contributed by atoms with van der Waals surface area (Å²) < 4.78 is 5.86. The number of nitrogens with zero attached hydrogens (tertiary/aromatic N) is 4. The van der Waals surface area contributed by atoms with E-state index in [0.717, 1.165) is 33.8 Å². The molecule has 0 saturated heterocycles. The van der Waals surface area contributed by atoms with Gasteiger partial charge in [-0.15, -0.1) is 0 Å². The fourth-order valence-corrected chi connectivity index (χ4v) is 3.94. The van der Waals surface area contributed by atoms with E-state index >= 15 is 0 Å². The quantitative estimate of drug-likeness (QED) is 0.567. The molecule has 1 aromatic heterocycles. The molecule has 0 fully saturated rings. The standard InChI is InChI=1S/C19H18N4OS/c1-4-12-5-7-13(8-6-12)23-11-20-16-15(19(23)24)18-14(9-10-21-25-18)17(16)22(2)3/h5-11H,4H2,1-3H3. The normalized spacial score (nSPS) is 11.3. The fourth-order valence-electron chi connectivity index (χ4n) is 3.17. The number of aromatic nitrogens is 3. The number of benzene rings is 1. The van der Waals surface area contributed by atoms with Crippen molar-refractivity contribution in [2.45, 2.75) is 13.3 Å². The van der Waals surface area contributed by atoms with Gasteiger partial charge in [0.1, 0.15) is 11.8 Å². The minimum atomic E-state index is -0.0587. The Labute approximate surface area is 149 Å². The van der Waals surface area contributed by atoms with Gasteiger partial charge in [-0.1, -0.05) is 19.1 Å². The van der Waals surface area contributed by atoms with Gasteiger partial charge in [0.2, 0.25) is 0 Å². The molecular weight excluding hydrogens is 332 g/mol. The molecule has 0 unspecified atom stereocenters. The fraction of sp³-hybridized carbons (Fsp3) is 0.211. The van der Waals surface area contributed by atoms with Crippen LogP contribution in [-0.2, 0) is 6.42 Å². The maximum atomic E-state index is 13.2. The van der Waals surface area contributed by atoms with Gasteiger partial charge >= 0.3 is 0 Å². The van der Waals surface area contributed by atoms with Crippen LogP contribution in [0.4, 0.5) is 5.69 Å². The smallest absolute Gasteiger partial charge is 0.267 e. The molecule has 2 aromatic rings. The Balaban J connectivity index is 2.03. The Hall–Kier alpha value is -2.73. The second-order valence-electron chi connectivity index (χ2n) is 6.16. The van der Waals surface area contributed by atoms with Crippen LogP contribution in [0.1, 0.15) is 12.5 Å². The highest BCUT2D eigenvalue weighted by atomic mass is 32.1. The van der Waals surface area contributed by atoms with Crippen LogP contribution in [0.15, 0.2) is 47.7 Å². The third-order valence-electron chi connectivity index (χ3n) is 4.44. The summed E-state index contributed by atoms with van der Waals surface area (Å²) in [7, 11) is 3.94. The summed E-state index contributed by atoms with van der Waals surface area (Å²) in [6, 6.07) is 9.97. The summed E-state index contributed by atoms with van der Waals surface area (Å²) in [6.07, 6.45) is 4.36. The Morgan fingerprint density at radius 3 is 2.60 bits per heavy atom. The molecule has 1 aliphatic heterocycles. The maximum Gasteiger partial charge on any atom is 0.267 e. The van der Waals surface area contributed by atoms with Crippen LogP contribution < -0.4 is 10.5 Å². The number of hydrogen-bond acceptors (Lipinski definition) is 5. The number of rotatable bonds is 3. The first-order valence-electron chi connectivity index (χ1n) is 8.16. The molecule has 25 heavy (non-hydrogen) atoms. The molecule has 0 N–H and O–H groups in total. The van der Waals surface area contributed by atoms with Gasteiger partial charge in [-0.05, 0) is 41.7 Å². The number of fused-ring (bicyclic) bond motifs is 3. The van der Waals surface area contributed by atoms with E-state index in [0.29, 0.717) is 5.39 Å². The van der Waals surface area contributed by atoms with E-state index in [1.807, 2.05) is 49.3 Å². The van der Waals surface area contributed by atoms with Crippen LogP contribution in [0.2, 0.25) is 0 Å². The van der Waals surface area contributed by atoms with Crippen LogP contribution in [0.5, 0.6) is 0 Å². The summed E-state index contributed by atoms with van der Waals surface area (Å²) in [4.78, 5) is 20.7. The highest BCUT2D eigenvalue weighted by Gasteiger charge is 2.24. The molecule has 2 heterocycles. The number of anilines is 1. The molecule has 1 aromatic carbocycles. The summed E-state index contributed by atoms with van der Waals surface area (Å²) >= 11 is 1.34. The van der Waals surface area contributed by atoms with Crippen molar-refractivity contribution in [3.8, 4) is 16.1 Å². The Kier molecular flexibility index (Phi) is 3.77. The molecule has 6 heteroatoms. The Morgan fingerprint density at radius 2 is 1.92 bits per heavy atom. The van der Waals surface area contributed by atoms with Crippen LogP contribution in [-0.4, -0.2) is 28.0 Å². The monoisotopic (exact) mass is 350 g/mol. The van der Waals surface area contributed by atoms with Gasteiger partial charge in [0, 0.05) is 25.9 Å². The number of aryl methyl sites for hydroxylation is 1. The topological polar surface area (TPSA) is 51.0 Å². The minimum absolute atomic E-state index is 0.0587. The van der Waals surface area contributed by atoms with Crippen LogP contribution >= 0.6 is 11.5 Å². The Morgan fingerprint density at radius 1 is 1.16 bits per heavy atom. The lowest BCUT2D eigenvalue weighted by molar-refractivity contribution is 0.961. The van der Waals surface area contributed by atoms with Crippen molar-refractivity contribution in [1.29, 1.82) is 0 Å². The lowest BCUT2D eigenvalue weighted by Crippen LogP contribution is -2.18. The van der Waals surface area contributed by atoms with Crippen molar-refractivity contribution in [3.63, 3.8) is 0 Å². The molecular formula is C19H18N4OS. The van der Waals surface area contributed by atoms with Gasteiger partial charge in [0.25, 0.3) is 5.56 Å². The SMILES string of the molecule is CCc1ccc(-n2cnc3c(N(C)C)c4ccnsc-4c3c2=O)cc1. The van der Waals surface area contributed by atoms with Crippen molar-refractivity contribution in [2.75, 3.05) is 19.0 Å². The molecule has 1 aliphatic carbocycles. The third-order valence-corrected chi connectivity index (χ3v) is 5.27. The van der Waals surface area contributed by atoms with Gasteiger partial charge in [-0.3, -0.25) is 9.36 Å². The van der Waals surface area contributed by atoms with E-state index in [4.69, 9.17) is 0 Å². The third kappa shape index (κ3) is 2.41. The summed E-state index contributed by atoms with van der Waals surface area (Å²) in [5.74, 6) is 0. The lowest BCUT2D eigenvalue weighted by Gasteiger charge is -2.13. The number of hydrogen-bond donors (Lipinski definition) is 0. The predicted octanol–water partition coefficient (Wildman–Crippen LogP) is 3.58. The van der Waals surface area contributed by atoms with Crippen molar-refractivity contribution in [3.05, 3.63) is 58.8 Å². The average molecular weight is 350 g/mol. The zero-order valence-electron chi connectivity index (χ0n) is 14.4.